The number of aryl methyl sites for hydroxylation is 1. The SMILES string of the molecule is Cc1ccc(-c2nnn(CC(=O)N(C3CCCCC3)[C@@H]3CCS(=O)(=O)C3)n2)cc1. The van der Waals surface area contributed by atoms with E-state index < -0.39 is 9.84 Å². The highest BCUT2D eigenvalue weighted by atomic mass is 32.2. The smallest absolute Gasteiger partial charge is 0.246 e. The number of sulfone groups is 1. The summed E-state index contributed by atoms with van der Waals surface area (Å²) in [5, 5.41) is 12.5. The molecule has 0 bridgehead atoms. The summed E-state index contributed by atoms with van der Waals surface area (Å²) in [5.41, 5.74) is 1.99. The van der Waals surface area contributed by atoms with Crippen molar-refractivity contribution in [2.75, 3.05) is 11.5 Å². The monoisotopic (exact) mass is 417 g/mol. The molecule has 1 aromatic heterocycles. The molecule has 9 heteroatoms. The maximum Gasteiger partial charge on any atom is 0.246 e. The minimum absolute atomic E-state index is 0.0219. The summed E-state index contributed by atoms with van der Waals surface area (Å²) in [6.45, 7) is 1.99. The fourth-order valence-electron chi connectivity index (χ4n) is 4.39. The lowest BCUT2D eigenvalue weighted by Gasteiger charge is -2.38. The van der Waals surface area contributed by atoms with Crippen molar-refractivity contribution in [1.29, 1.82) is 0 Å². The van der Waals surface area contributed by atoms with Crippen LogP contribution in [0.15, 0.2) is 24.3 Å². The number of rotatable bonds is 5. The van der Waals surface area contributed by atoms with Crippen molar-refractivity contribution < 1.29 is 13.2 Å². The maximum atomic E-state index is 13.2. The van der Waals surface area contributed by atoms with Gasteiger partial charge in [0, 0.05) is 17.6 Å². The Bertz CT molecular complexity index is 964. The molecular weight excluding hydrogens is 390 g/mol. The van der Waals surface area contributed by atoms with E-state index in [1.807, 2.05) is 36.1 Å². The van der Waals surface area contributed by atoms with E-state index in [2.05, 4.69) is 15.4 Å². The Morgan fingerprint density at radius 3 is 2.48 bits per heavy atom. The van der Waals surface area contributed by atoms with Crippen molar-refractivity contribution in [2.24, 2.45) is 0 Å². The van der Waals surface area contributed by atoms with E-state index in [0.29, 0.717) is 12.2 Å². The van der Waals surface area contributed by atoms with E-state index >= 15 is 0 Å². The first-order chi connectivity index (χ1) is 13.9. The summed E-state index contributed by atoms with van der Waals surface area (Å²) in [6, 6.07) is 7.68. The van der Waals surface area contributed by atoms with Crippen LogP contribution in [0.25, 0.3) is 11.4 Å². The highest BCUT2D eigenvalue weighted by Gasteiger charge is 2.38. The third-order valence-corrected chi connectivity index (χ3v) is 7.65. The van der Waals surface area contributed by atoms with Crippen LogP contribution in [0.4, 0.5) is 0 Å². The molecule has 1 saturated heterocycles. The second-order valence-electron chi connectivity index (χ2n) is 8.16. The van der Waals surface area contributed by atoms with E-state index in [0.717, 1.165) is 36.8 Å². The van der Waals surface area contributed by atoms with Gasteiger partial charge in [0.2, 0.25) is 11.7 Å². The van der Waals surface area contributed by atoms with Gasteiger partial charge in [0.1, 0.15) is 6.54 Å². The summed E-state index contributed by atoms with van der Waals surface area (Å²) in [4.78, 5) is 16.4. The summed E-state index contributed by atoms with van der Waals surface area (Å²) in [5.74, 6) is 0.583. The molecule has 1 aliphatic heterocycles. The molecule has 0 radical (unpaired) electrons. The molecule has 1 saturated carbocycles. The van der Waals surface area contributed by atoms with Gasteiger partial charge in [-0.15, -0.1) is 10.2 Å². The van der Waals surface area contributed by atoms with Crippen LogP contribution in [0.1, 0.15) is 44.1 Å². The standard InChI is InChI=1S/C20H27N5O3S/c1-15-7-9-16(10-8-15)20-21-23-24(22-20)13-19(26)25(17-5-3-2-4-6-17)18-11-12-29(27,28)14-18/h7-10,17-18H,2-6,11-14H2,1H3/t18-/m1/s1. The van der Waals surface area contributed by atoms with E-state index in [4.69, 9.17) is 0 Å². The zero-order valence-corrected chi connectivity index (χ0v) is 17.5. The normalized spacial score (nSPS) is 21.9. The average molecular weight is 418 g/mol. The second-order valence-corrected chi connectivity index (χ2v) is 10.4. The van der Waals surface area contributed by atoms with E-state index in [1.54, 1.807) is 0 Å². The molecule has 8 nitrogen and oxygen atoms in total. The van der Waals surface area contributed by atoms with Crippen LogP contribution >= 0.6 is 0 Å². The Morgan fingerprint density at radius 1 is 1.10 bits per heavy atom. The highest BCUT2D eigenvalue weighted by molar-refractivity contribution is 7.91. The molecule has 2 aromatic rings. The minimum atomic E-state index is -3.07. The molecule has 1 aliphatic carbocycles. The number of hydrogen-bond acceptors (Lipinski definition) is 6. The average Bonchev–Trinajstić information content (AvgIpc) is 3.30. The second kappa shape index (κ2) is 8.22. The molecule has 2 aliphatic rings. The summed E-state index contributed by atoms with van der Waals surface area (Å²) in [7, 11) is -3.07. The number of carbonyl (C=O) groups excluding carboxylic acids is 1. The predicted octanol–water partition coefficient (Wildman–Crippen LogP) is 2.00. The first kappa shape index (κ1) is 20.0. The zero-order valence-electron chi connectivity index (χ0n) is 16.7. The van der Waals surface area contributed by atoms with Crippen LogP contribution in [-0.4, -0.2) is 63.0 Å². The van der Waals surface area contributed by atoms with Crippen LogP contribution < -0.4 is 0 Å². The lowest BCUT2D eigenvalue weighted by molar-refractivity contribution is -0.137. The molecule has 0 spiro atoms. The van der Waals surface area contributed by atoms with Crippen molar-refractivity contribution in [3.8, 4) is 11.4 Å². The fourth-order valence-corrected chi connectivity index (χ4v) is 6.10. The topological polar surface area (TPSA) is 98.0 Å². The largest absolute Gasteiger partial charge is 0.334 e. The van der Waals surface area contributed by atoms with Crippen LogP contribution in [0, 0.1) is 6.92 Å². The lowest BCUT2D eigenvalue weighted by Crippen LogP contribution is -2.50. The number of aromatic nitrogens is 4. The van der Waals surface area contributed by atoms with Gasteiger partial charge in [0.15, 0.2) is 9.84 Å². The Morgan fingerprint density at radius 2 is 1.83 bits per heavy atom. The van der Waals surface area contributed by atoms with Gasteiger partial charge in [-0.2, -0.15) is 4.80 Å². The molecule has 0 unspecified atom stereocenters. The number of carbonyl (C=O) groups is 1. The maximum absolute atomic E-state index is 13.2. The Kier molecular flexibility index (Phi) is 5.67. The number of hydrogen-bond donors (Lipinski definition) is 0. The Hall–Kier alpha value is -2.29. The summed E-state index contributed by atoms with van der Waals surface area (Å²) < 4.78 is 24.0. The third-order valence-electron chi connectivity index (χ3n) is 5.90. The Labute approximate surface area is 171 Å². The molecule has 4 rings (SSSR count). The van der Waals surface area contributed by atoms with Gasteiger partial charge in [-0.05, 0) is 31.4 Å². The van der Waals surface area contributed by atoms with E-state index in [9.17, 15) is 13.2 Å². The van der Waals surface area contributed by atoms with Gasteiger partial charge in [-0.25, -0.2) is 8.42 Å². The molecular formula is C20H27N5O3S. The number of benzene rings is 1. The quantitative estimate of drug-likeness (QED) is 0.738. The minimum Gasteiger partial charge on any atom is -0.334 e. The summed E-state index contributed by atoms with van der Waals surface area (Å²) >= 11 is 0. The predicted molar refractivity (Wildman–Crippen MR) is 109 cm³/mol. The number of nitrogens with zero attached hydrogens (tertiary/aromatic N) is 5. The molecule has 1 amide bonds. The fraction of sp³-hybridized carbons (Fsp3) is 0.600. The first-order valence-electron chi connectivity index (χ1n) is 10.3. The van der Waals surface area contributed by atoms with Crippen molar-refractivity contribution in [3.05, 3.63) is 29.8 Å². The molecule has 156 valence electrons. The van der Waals surface area contributed by atoms with Crippen molar-refractivity contribution in [3.63, 3.8) is 0 Å². The Balaban J connectivity index is 1.51. The number of amides is 1. The van der Waals surface area contributed by atoms with Gasteiger partial charge < -0.3 is 4.90 Å². The van der Waals surface area contributed by atoms with Gasteiger partial charge in [-0.1, -0.05) is 49.1 Å². The van der Waals surface area contributed by atoms with Gasteiger partial charge in [-0.3, -0.25) is 4.79 Å². The van der Waals surface area contributed by atoms with Crippen molar-refractivity contribution >= 4 is 15.7 Å². The van der Waals surface area contributed by atoms with E-state index in [-0.39, 0.29) is 36.0 Å². The van der Waals surface area contributed by atoms with Crippen LogP contribution in [0.5, 0.6) is 0 Å². The molecule has 2 heterocycles. The summed E-state index contributed by atoms with van der Waals surface area (Å²) in [6.07, 6.45) is 5.71. The first-order valence-corrected chi connectivity index (χ1v) is 12.1. The molecule has 1 aromatic carbocycles. The van der Waals surface area contributed by atoms with Crippen LogP contribution in [0.3, 0.4) is 0 Å². The van der Waals surface area contributed by atoms with Gasteiger partial charge in [0.25, 0.3) is 0 Å². The van der Waals surface area contributed by atoms with E-state index in [1.165, 1.54) is 11.2 Å². The lowest BCUT2D eigenvalue weighted by atomic mass is 9.93. The molecule has 1 atom stereocenters. The van der Waals surface area contributed by atoms with Crippen LogP contribution in [-0.2, 0) is 21.2 Å². The zero-order chi connectivity index (χ0) is 20.4. The molecule has 29 heavy (non-hydrogen) atoms. The van der Waals surface area contributed by atoms with Gasteiger partial charge >= 0.3 is 0 Å². The third kappa shape index (κ3) is 4.66. The van der Waals surface area contributed by atoms with Gasteiger partial charge in [0.05, 0.1) is 11.5 Å². The highest BCUT2D eigenvalue weighted by Crippen LogP contribution is 2.28. The number of tetrazole rings is 1. The molecule has 2 fully saturated rings. The van der Waals surface area contributed by atoms with Crippen molar-refractivity contribution in [2.45, 2.75) is 64.1 Å². The van der Waals surface area contributed by atoms with Crippen LogP contribution in [0.2, 0.25) is 0 Å². The molecule has 0 N–H and O–H groups in total. The van der Waals surface area contributed by atoms with Crippen molar-refractivity contribution in [1.82, 2.24) is 25.1 Å².